The van der Waals surface area contributed by atoms with Gasteiger partial charge in [-0.05, 0) is 47.9 Å². The summed E-state index contributed by atoms with van der Waals surface area (Å²) < 4.78 is 45.1. The van der Waals surface area contributed by atoms with E-state index >= 15 is 0 Å². The fourth-order valence-electron chi connectivity index (χ4n) is 5.40. The molecule has 13 nitrogen and oxygen atoms in total. The van der Waals surface area contributed by atoms with Crippen LogP contribution in [0, 0.1) is 0 Å². The van der Waals surface area contributed by atoms with Gasteiger partial charge in [0.05, 0.1) is 42.7 Å². The molecule has 0 unspecified atom stereocenters. The SMILES string of the molecule is COCOc1cc(OC)c(OC)cc1-c1c(-c2ccc(OC)c(OC)c2)c(C(=O)O)n(CCc2ccc(OC)c(OC)c2)c1C(=O)O. The third-order valence-electron chi connectivity index (χ3n) is 7.50. The van der Waals surface area contributed by atoms with E-state index in [0.717, 1.165) is 5.56 Å². The topological polar surface area (TPSA) is 153 Å². The lowest BCUT2D eigenvalue weighted by Gasteiger charge is -2.17. The Morgan fingerprint density at radius 2 is 1.11 bits per heavy atom. The minimum absolute atomic E-state index is 0.0272. The van der Waals surface area contributed by atoms with Crippen molar-refractivity contribution < 1.29 is 57.7 Å². The molecule has 0 aliphatic rings. The van der Waals surface area contributed by atoms with E-state index in [9.17, 15) is 19.8 Å². The number of hydrogen-bond donors (Lipinski definition) is 2. The van der Waals surface area contributed by atoms with E-state index in [2.05, 4.69) is 0 Å². The number of hydrogen-bond acceptors (Lipinski definition) is 10. The average Bonchev–Trinajstić information content (AvgIpc) is 3.44. The molecule has 4 rings (SSSR count). The molecule has 0 saturated heterocycles. The number of aromatic carboxylic acids is 2. The Hall–Kier alpha value is -5.56. The quantitative estimate of drug-likeness (QED) is 0.147. The number of aryl methyl sites for hydroxylation is 1. The minimum atomic E-state index is -1.37. The van der Waals surface area contributed by atoms with Crippen molar-refractivity contribution in [3.8, 4) is 62.5 Å². The van der Waals surface area contributed by atoms with Crippen LogP contribution >= 0.6 is 0 Å². The maximum absolute atomic E-state index is 13.2. The molecule has 2 N–H and O–H groups in total. The van der Waals surface area contributed by atoms with Crippen LogP contribution in [0.5, 0.6) is 40.2 Å². The molecule has 0 amide bonds. The van der Waals surface area contributed by atoms with Crippen LogP contribution in [0.3, 0.4) is 0 Å². The van der Waals surface area contributed by atoms with Crippen molar-refractivity contribution in [3.63, 3.8) is 0 Å². The third-order valence-corrected chi connectivity index (χ3v) is 7.50. The number of carbonyl (C=O) groups is 2. The molecule has 0 bridgehead atoms. The van der Waals surface area contributed by atoms with Crippen molar-refractivity contribution in [1.29, 1.82) is 0 Å². The number of carboxylic acids is 2. The Kier molecular flexibility index (Phi) is 11.1. The van der Waals surface area contributed by atoms with Crippen LogP contribution in [0.25, 0.3) is 22.3 Å². The smallest absolute Gasteiger partial charge is 0.353 e. The van der Waals surface area contributed by atoms with Crippen molar-refractivity contribution >= 4 is 11.9 Å². The number of methoxy groups -OCH3 is 7. The molecule has 0 aliphatic heterocycles. The van der Waals surface area contributed by atoms with Crippen molar-refractivity contribution in [1.82, 2.24) is 4.57 Å². The van der Waals surface area contributed by atoms with E-state index in [1.807, 2.05) is 0 Å². The zero-order valence-electron chi connectivity index (χ0n) is 27.2. The zero-order chi connectivity index (χ0) is 34.2. The Balaban J connectivity index is 2.11. The van der Waals surface area contributed by atoms with Crippen molar-refractivity contribution in [2.75, 3.05) is 56.6 Å². The number of aromatic nitrogens is 1. The van der Waals surface area contributed by atoms with E-state index in [-0.39, 0.29) is 59.3 Å². The molecular weight excluding hydrogens is 614 g/mol. The maximum atomic E-state index is 13.2. The average molecular weight is 652 g/mol. The fraction of sp³-hybridized carbons (Fsp3) is 0.294. The predicted octanol–water partition coefficient (Wildman–Crippen LogP) is 5.50. The first kappa shape index (κ1) is 34.3. The van der Waals surface area contributed by atoms with Crippen LogP contribution in [-0.4, -0.2) is 83.3 Å². The molecule has 0 saturated carbocycles. The zero-order valence-corrected chi connectivity index (χ0v) is 27.2. The second-order valence-electron chi connectivity index (χ2n) is 9.97. The van der Waals surface area contributed by atoms with E-state index in [1.54, 1.807) is 42.5 Å². The molecule has 13 heteroatoms. The minimum Gasteiger partial charge on any atom is -0.493 e. The molecule has 250 valence electrons. The first-order valence-corrected chi connectivity index (χ1v) is 14.2. The summed E-state index contributed by atoms with van der Waals surface area (Å²) in [5, 5.41) is 21.5. The lowest BCUT2D eigenvalue weighted by molar-refractivity contribution is 0.0513. The summed E-state index contributed by atoms with van der Waals surface area (Å²) in [6.45, 7) is -0.219. The van der Waals surface area contributed by atoms with E-state index in [1.165, 1.54) is 60.4 Å². The lowest BCUT2D eigenvalue weighted by Crippen LogP contribution is -2.16. The number of nitrogens with zero attached hydrogens (tertiary/aromatic N) is 1. The van der Waals surface area contributed by atoms with Crippen molar-refractivity contribution in [2.45, 2.75) is 13.0 Å². The van der Waals surface area contributed by atoms with Gasteiger partial charge in [-0.15, -0.1) is 0 Å². The van der Waals surface area contributed by atoms with Gasteiger partial charge >= 0.3 is 11.9 Å². The first-order valence-electron chi connectivity index (χ1n) is 14.2. The summed E-state index contributed by atoms with van der Waals surface area (Å²) in [5.74, 6) is -0.278. The molecule has 47 heavy (non-hydrogen) atoms. The van der Waals surface area contributed by atoms with Gasteiger partial charge in [0.2, 0.25) is 0 Å². The summed E-state index contributed by atoms with van der Waals surface area (Å²) in [4.78, 5) is 26.4. The van der Waals surface area contributed by atoms with Crippen molar-refractivity contribution in [2.24, 2.45) is 0 Å². The number of benzene rings is 3. The predicted molar refractivity (Wildman–Crippen MR) is 171 cm³/mol. The molecule has 4 aromatic rings. The molecule has 0 spiro atoms. The first-order chi connectivity index (χ1) is 22.7. The number of ether oxygens (including phenoxy) is 8. The molecule has 0 radical (unpaired) electrons. The molecule has 0 fully saturated rings. The van der Waals surface area contributed by atoms with Crippen LogP contribution in [-0.2, 0) is 17.7 Å². The fourth-order valence-corrected chi connectivity index (χ4v) is 5.40. The lowest BCUT2D eigenvalue weighted by atomic mass is 9.93. The highest BCUT2D eigenvalue weighted by molar-refractivity contribution is 6.09. The van der Waals surface area contributed by atoms with Crippen LogP contribution < -0.4 is 33.2 Å². The Labute approximate surface area is 271 Å². The summed E-state index contributed by atoms with van der Waals surface area (Å²) in [6, 6.07) is 13.2. The molecule has 1 aromatic heterocycles. The van der Waals surface area contributed by atoms with Gasteiger partial charge in [0.25, 0.3) is 0 Å². The van der Waals surface area contributed by atoms with Crippen LogP contribution in [0.4, 0.5) is 0 Å². The summed E-state index contributed by atoms with van der Waals surface area (Å²) >= 11 is 0. The highest BCUT2D eigenvalue weighted by Crippen LogP contribution is 2.48. The van der Waals surface area contributed by atoms with Crippen LogP contribution in [0.2, 0.25) is 0 Å². The largest absolute Gasteiger partial charge is 0.493 e. The summed E-state index contributed by atoms with van der Waals surface area (Å²) in [7, 11) is 10.3. The summed E-state index contributed by atoms with van der Waals surface area (Å²) in [5.41, 5.74) is 0.969. The van der Waals surface area contributed by atoms with Crippen molar-refractivity contribution in [3.05, 3.63) is 65.5 Å². The van der Waals surface area contributed by atoms with Gasteiger partial charge in [0.1, 0.15) is 17.1 Å². The highest BCUT2D eigenvalue weighted by Gasteiger charge is 2.34. The number of carboxylic acid groups (broad SMARTS) is 2. The summed E-state index contributed by atoms with van der Waals surface area (Å²) in [6.07, 6.45) is 0.249. The second kappa shape index (κ2) is 15.1. The molecule has 0 aliphatic carbocycles. The second-order valence-corrected chi connectivity index (χ2v) is 9.97. The van der Waals surface area contributed by atoms with Gasteiger partial charge in [-0.3, -0.25) is 0 Å². The van der Waals surface area contributed by atoms with Crippen LogP contribution in [0.15, 0.2) is 48.5 Å². The van der Waals surface area contributed by atoms with Gasteiger partial charge in [-0.1, -0.05) is 12.1 Å². The van der Waals surface area contributed by atoms with Gasteiger partial charge in [0, 0.05) is 36.4 Å². The molecule has 1 heterocycles. The molecule has 3 aromatic carbocycles. The Morgan fingerprint density at radius 1 is 0.596 bits per heavy atom. The molecular formula is C34H37NO12. The highest BCUT2D eigenvalue weighted by atomic mass is 16.7. The van der Waals surface area contributed by atoms with Gasteiger partial charge in [-0.2, -0.15) is 0 Å². The Morgan fingerprint density at radius 3 is 1.66 bits per heavy atom. The van der Waals surface area contributed by atoms with Gasteiger partial charge < -0.3 is 52.7 Å². The van der Waals surface area contributed by atoms with E-state index in [0.29, 0.717) is 34.3 Å². The maximum Gasteiger partial charge on any atom is 0.353 e. The normalized spacial score (nSPS) is 10.7. The number of rotatable bonds is 16. The van der Waals surface area contributed by atoms with E-state index in [4.69, 9.17) is 37.9 Å². The molecule has 0 atom stereocenters. The van der Waals surface area contributed by atoms with Gasteiger partial charge in [-0.25, -0.2) is 9.59 Å². The monoisotopic (exact) mass is 651 g/mol. The van der Waals surface area contributed by atoms with E-state index < -0.39 is 11.9 Å². The van der Waals surface area contributed by atoms with Crippen LogP contribution in [0.1, 0.15) is 26.5 Å². The Bertz CT molecular complexity index is 1760. The third kappa shape index (κ3) is 6.84. The standard InChI is InChI=1S/C34H37NO12/c1-40-18-47-24-17-28(46-7)27(45-6)16-21(24)30-29(20-9-11-23(42-3)26(15-20)44-5)31(33(36)37)35(32(30)34(38)39)13-12-19-8-10-22(41-2)25(14-19)43-4/h8-11,14-17H,12-13,18H2,1-7H3,(H,36,37)(H,38,39). The van der Waals surface area contributed by atoms with Gasteiger partial charge in [0.15, 0.2) is 41.3 Å².